The highest BCUT2D eigenvalue weighted by molar-refractivity contribution is 7.92. The summed E-state index contributed by atoms with van der Waals surface area (Å²) in [6.07, 6.45) is 0.190. The molecule has 0 fully saturated rings. The smallest absolute Gasteiger partial charge is 0.233 e. The molecule has 3 aromatic rings. The highest BCUT2D eigenvalue weighted by Crippen LogP contribution is 2.31. The van der Waals surface area contributed by atoms with E-state index in [2.05, 4.69) is 18.7 Å². The van der Waals surface area contributed by atoms with Gasteiger partial charge in [0.15, 0.2) is 15.0 Å². The van der Waals surface area contributed by atoms with Gasteiger partial charge in [-0.05, 0) is 63.2 Å². The summed E-state index contributed by atoms with van der Waals surface area (Å²) in [5.74, 6) is -0.0432. The molecule has 0 radical (unpaired) electrons. The standard InChI is InChI=1S/C25H33N3O3S2/c1-6-27(7-2)15-16-28(25-26-24-19(5)9-8-10-22(24)32-25)23(29)17-20-11-13-21(14-12-20)33(30,31)18(3)4/h8-14,18H,6-7,15-17H2,1-5H3. The summed E-state index contributed by atoms with van der Waals surface area (Å²) in [7, 11) is -3.33. The average Bonchev–Trinajstić information content (AvgIpc) is 3.22. The topological polar surface area (TPSA) is 70.6 Å². The van der Waals surface area contributed by atoms with Crippen LogP contribution >= 0.6 is 11.3 Å². The fraction of sp³-hybridized carbons (Fsp3) is 0.440. The zero-order valence-corrected chi connectivity index (χ0v) is 21.7. The number of carbonyl (C=O) groups is 1. The van der Waals surface area contributed by atoms with E-state index in [1.54, 1.807) is 43.0 Å². The Labute approximate surface area is 201 Å². The Morgan fingerprint density at radius 3 is 2.27 bits per heavy atom. The summed E-state index contributed by atoms with van der Waals surface area (Å²) in [6, 6.07) is 12.7. The number of thiazole rings is 1. The molecule has 0 aliphatic rings. The summed E-state index contributed by atoms with van der Waals surface area (Å²) in [6.45, 7) is 12.7. The number of aryl methyl sites for hydroxylation is 1. The first-order valence-electron chi connectivity index (χ1n) is 11.4. The van der Waals surface area contributed by atoms with Gasteiger partial charge in [0.05, 0.1) is 26.8 Å². The van der Waals surface area contributed by atoms with Gasteiger partial charge in [0.25, 0.3) is 0 Å². The average molecular weight is 488 g/mol. The van der Waals surface area contributed by atoms with Crippen LogP contribution in [-0.4, -0.2) is 55.6 Å². The predicted octanol–water partition coefficient (Wildman–Crippen LogP) is 4.70. The van der Waals surface area contributed by atoms with Crippen LogP contribution in [0.1, 0.15) is 38.8 Å². The lowest BCUT2D eigenvalue weighted by Crippen LogP contribution is -2.39. The van der Waals surface area contributed by atoms with Crippen LogP contribution in [0.25, 0.3) is 10.2 Å². The van der Waals surface area contributed by atoms with E-state index in [9.17, 15) is 13.2 Å². The minimum absolute atomic E-state index is 0.0432. The van der Waals surface area contributed by atoms with Crippen molar-refractivity contribution < 1.29 is 13.2 Å². The van der Waals surface area contributed by atoms with Gasteiger partial charge >= 0.3 is 0 Å². The number of para-hydroxylation sites is 1. The van der Waals surface area contributed by atoms with Crippen molar-refractivity contribution in [2.45, 2.75) is 51.2 Å². The second-order valence-electron chi connectivity index (χ2n) is 8.40. The number of hydrogen-bond acceptors (Lipinski definition) is 6. The van der Waals surface area contributed by atoms with E-state index < -0.39 is 15.1 Å². The Balaban J connectivity index is 1.86. The van der Waals surface area contributed by atoms with Crippen molar-refractivity contribution in [1.82, 2.24) is 9.88 Å². The van der Waals surface area contributed by atoms with E-state index in [4.69, 9.17) is 4.98 Å². The van der Waals surface area contributed by atoms with Crippen LogP contribution in [0.3, 0.4) is 0 Å². The van der Waals surface area contributed by atoms with Crippen LogP contribution in [-0.2, 0) is 21.1 Å². The van der Waals surface area contributed by atoms with E-state index in [0.29, 0.717) is 11.7 Å². The van der Waals surface area contributed by atoms with Crippen LogP contribution in [0.2, 0.25) is 0 Å². The molecular formula is C25H33N3O3S2. The zero-order valence-electron chi connectivity index (χ0n) is 20.0. The third-order valence-electron chi connectivity index (χ3n) is 5.90. The number of fused-ring (bicyclic) bond motifs is 1. The molecule has 178 valence electrons. The lowest BCUT2D eigenvalue weighted by molar-refractivity contribution is -0.118. The molecule has 6 nitrogen and oxygen atoms in total. The van der Waals surface area contributed by atoms with Gasteiger partial charge in [0.1, 0.15) is 0 Å². The third-order valence-corrected chi connectivity index (χ3v) is 9.12. The van der Waals surface area contributed by atoms with Crippen LogP contribution in [0.15, 0.2) is 47.4 Å². The molecule has 33 heavy (non-hydrogen) atoms. The molecule has 1 aromatic heterocycles. The first-order valence-corrected chi connectivity index (χ1v) is 13.7. The minimum Gasteiger partial charge on any atom is -0.302 e. The Bertz CT molecular complexity index is 1200. The normalized spacial score (nSPS) is 12.1. The number of hydrogen-bond donors (Lipinski definition) is 0. The van der Waals surface area contributed by atoms with Gasteiger partial charge in [-0.3, -0.25) is 9.69 Å². The lowest BCUT2D eigenvalue weighted by Gasteiger charge is -2.24. The van der Waals surface area contributed by atoms with Gasteiger partial charge in [-0.25, -0.2) is 13.4 Å². The van der Waals surface area contributed by atoms with Crippen molar-refractivity contribution >= 4 is 42.4 Å². The molecule has 0 spiro atoms. The van der Waals surface area contributed by atoms with Crippen molar-refractivity contribution in [2.24, 2.45) is 0 Å². The summed E-state index contributed by atoms with van der Waals surface area (Å²) in [5, 5.41) is 0.221. The first-order chi connectivity index (χ1) is 15.7. The van der Waals surface area contributed by atoms with E-state index in [-0.39, 0.29) is 17.2 Å². The highest BCUT2D eigenvalue weighted by atomic mass is 32.2. The van der Waals surface area contributed by atoms with Gasteiger partial charge in [-0.1, -0.05) is 49.4 Å². The van der Waals surface area contributed by atoms with E-state index in [1.807, 2.05) is 25.1 Å². The monoisotopic (exact) mass is 487 g/mol. The van der Waals surface area contributed by atoms with Gasteiger partial charge in [0, 0.05) is 13.1 Å². The summed E-state index contributed by atoms with van der Waals surface area (Å²) in [4.78, 5) is 22.6. The van der Waals surface area contributed by atoms with Crippen molar-refractivity contribution in [2.75, 3.05) is 31.1 Å². The molecule has 1 heterocycles. The maximum absolute atomic E-state index is 13.4. The molecule has 1 amide bonds. The van der Waals surface area contributed by atoms with Crippen molar-refractivity contribution in [1.29, 1.82) is 0 Å². The lowest BCUT2D eigenvalue weighted by atomic mass is 10.1. The molecule has 2 aromatic carbocycles. The second-order valence-corrected chi connectivity index (χ2v) is 11.9. The molecule has 0 unspecified atom stereocenters. The fourth-order valence-corrected chi connectivity index (χ4v) is 5.78. The van der Waals surface area contributed by atoms with Gasteiger partial charge < -0.3 is 4.90 Å². The largest absolute Gasteiger partial charge is 0.302 e. The predicted molar refractivity (Wildman–Crippen MR) is 137 cm³/mol. The maximum atomic E-state index is 13.4. The van der Waals surface area contributed by atoms with E-state index in [0.717, 1.165) is 41.0 Å². The molecular weight excluding hydrogens is 454 g/mol. The maximum Gasteiger partial charge on any atom is 0.233 e. The van der Waals surface area contributed by atoms with Gasteiger partial charge in [-0.15, -0.1) is 0 Å². The first kappa shape index (κ1) is 25.3. The van der Waals surface area contributed by atoms with Crippen molar-refractivity contribution in [3.63, 3.8) is 0 Å². The van der Waals surface area contributed by atoms with E-state index in [1.165, 1.54) is 11.3 Å². The molecule has 0 atom stereocenters. The molecule has 0 N–H and O–H groups in total. The molecule has 0 bridgehead atoms. The summed E-state index contributed by atoms with van der Waals surface area (Å²) in [5.41, 5.74) is 2.81. The van der Waals surface area contributed by atoms with Crippen molar-refractivity contribution in [3.05, 3.63) is 53.6 Å². The van der Waals surface area contributed by atoms with Crippen LogP contribution in [0.4, 0.5) is 5.13 Å². The van der Waals surface area contributed by atoms with E-state index >= 15 is 0 Å². The number of aromatic nitrogens is 1. The molecule has 0 aliphatic heterocycles. The van der Waals surface area contributed by atoms with Crippen LogP contribution in [0.5, 0.6) is 0 Å². The van der Waals surface area contributed by atoms with Gasteiger partial charge in [0.2, 0.25) is 5.91 Å². The highest BCUT2D eigenvalue weighted by Gasteiger charge is 2.22. The molecule has 0 saturated carbocycles. The minimum atomic E-state index is -3.33. The molecule has 0 aliphatic carbocycles. The Morgan fingerprint density at radius 1 is 1.03 bits per heavy atom. The molecule has 0 saturated heterocycles. The number of likely N-dealkylation sites (N-methyl/N-ethyl adjacent to an activating group) is 1. The number of benzene rings is 2. The second kappa shape index (κ2) is 10.8. The fourth-order valence-electron chi connectivity index (χ4n) is 3.64. The quantitative estimate of drug-likeness (QED) is 0.414. The zero-order chi connectivity index (χ0) is 24.2. The number of anilines is 1. The summed E-state index contributed by atoms with van der Waals surface area (Å²) >= 11 is 1.53. The number of carbonyl (C=O) groups excluding carboxylic acids is 1. The Hall–Kier alpha value is -2.29. The number of rotatable bonds is 10. The number of nitrogens with zero attached hydrogens (tertiary/aromatic N) is 3. The number of amides is 1. The Kier molecular flexibility index (Phi) is 8.26. The van der Waals surface area contributed by atoms with Crippen LogP contribution in [0, 0.1) is 6.92 Å². The van der Waals surface area contributed by atoms with Crippen molar-refractivity contribution in [3.8, 4) is 0 Å². The number of sulfone groups is 1. The SMILES string of the molecule is CCN(CC)CCN(C(=O)Cc1ccc(S(=O)(=O)C(C)C)cc1)c1nc2c(C)cccc2s1. The Morgan fingerprint density at radius 2 is 1.70 bits per heavy atom. The molecule has 8 heteroatoms. The van der Waals surface area contributed by atoms with Crippen LogP contribution < -0.4 is 4.90 Å². The van der Waals surface area contributed by atoms with Gasteiger partial charge in [-0.2, -0.15) is 0 Å². The third kappa shape index (κ3) is 5.80. The molecule has 3 rings (SSSR count). The summed E-state index contributed by atoms with van der Waals surface area (Å²) < 4.78 is 25.8.